The van der Waals surface area contributed by atoms with Crippen molar-refractivity contribution in [1.82, 2.24) is 4.90 Å². The number of benzene rings is 3. The molecular formula is C28H28N4O5. The standard InChI is InChI=1S/C28H28N4O5/c1-18-13-21(16-29)14-19(2)27(18)37-24-7-8-26(32(35)36)25(15-24)30-23-9-11-31(12-10-23)17-20-3-5-22(6-4-20)28(33)34/h3-8,13-15,23,30H,9-12,17H2,1-2H3,(H,33,34). The number of carboxylic acid groups (broad SMARTS) is 1. The molecule has 1 saturated heterocycles. The van der Waals surface area contributed by atoms with Crippen LogP contribution in [0.5, 0.6) is 11.5 Å². The second-order valence-electron chi connectivity index (χ2n) is 9.29. The van der Waals surface area contributed by atoms with E-state index in [1.165, 1.54) is 6.07 Å². The van der Waals surface area contributed by atoms with Gasteiger partial charge in [-0.25, -0.2) is 4.79 Å². The molecule has 1 aliphatic heterocycles. The Morgan fingerprint density at radius 1 is 1.14 bits per heavy atom. The number of nitro groups is 1. The van der Waals surface area contributed by atoms with Gasteiger partial charge in [-0.05, 0) is 73.7 Å². The summed E-state index contributed by atoms with van der Waals surface area (Å²) in [6.45, 7) is 6.07. The number of ether oxygens (including phenoxy) is 1. The third kappa shape index (κ3) is 6.23. The third-order valence-corrected chi connectivity index (χ3v) is 6.53. The molecule has 4 rings (SSSR count). The number of hydrogen-bond acceptors (Lipinski definition) is 7. The van der Waals surface area contributed by atoms with E-state index in [4.69, 9.17) is 9.84 Å². The van der Waals surface area contributed by atoms with Gasteiger partial charge in [-0.15, -0.1) is 0 Å². The van der Waals surface area contributed by atoms with Gasteiger partial charge in [0.25, 0.3) is 5.69 Å². The van der Waals surface area contributed by atoms with E-state index < -0.39 is 10.9 Å². The topological polar surface area (TPSA) is 129 Å². The van der Waals surface area contributed by atoms with E-state index in [2.05, 4.69) is 16.3 Å². The first-order chi connectivity index (χ1) is 17.7. The molecule has 9 heteroatoms. The number of likely N-dealkylation sites (tertiary alicyclic amines) is 1. The van der Waals surface area contributed by atoms with E-state index in [-0.39, 0.29) is 17.3 Å². The first kappa shape index (κ1) is 25.7. The molecular weight excluding hydrogens is 472 g/mol. The largest absolute Gasteiger partial charge is 0.478 e. The lowest BCUT2D eigenvalue weighted by molar-refractivity contribution is -0.384. The van der Waals surface area contributed by atoms with Crippen LogP contribution in [0.4, 0.5) is 11.4 Å². The van der Waals surface area contributed by atoms with Crippen molar-refractivity contribution in [2.45, 2.75) is 39.3 Å². The number of rotatable bonds is 8. The average molecular weight is 501 g/mol. The maximum absolute atomic E-state index is 11.7. The summed E-state index contributed by atoms with van der Waals surface area (Å²) in [5.74, 6) is 0.166. The van der Waals surface area contributed by atoms with Crippen LogP contribution in [0, 0.1) is 35.3 Å². The van der Waals surface area contributed by atoms with Crippen molar-refractivity contribution in [3.63, 3.8) is 0 Å². The number of nitrogens with one attached hydrogen (secondary N) is 1. The summed E-state index contributed by atoms with van der Waals surface area (Å²) in [6.07, 6.45) is 1.62. The highest BCUT2D eigenvalue weighted by molar-refractivity contribution is 5.87. The quantitative estimate of drug-likeness (QED) is 0.300. The molecule has 37 heavy (non-hydrogen) atoms. The second kappa shape index (κ2) is 11.1. The van der Waals surface area contributed by atoms with E-state index in [1.807, 2.05) is 26.0 Å². The summed E-state index contributed by atoms with van der Waals surface area (Å²) in [5.41, 5.74) is 3.89. The van der Waals surface area contributed by atoms with Gasteiger partial charge in [0.1, 0.15) is 17.2 Å². The number of nitriles is 1. The van der Waals surface area contributed by atoms with Gasteiger partial charge >= 0.3 is 5.97 Å². The first-order valence-electron chi connectivity index (χ1n) is 12.0. The lowest BCUT2D eigenvalue weighted by Gasteiger charge is -2.32. The number of piperidine rings is 1. The molecule has 3 aromatic rings. The van der Waals surface area contributed by atoms with Gasteiger partial charge < -0.3 is 15.2 Å². The summed E-state index contributed by atoms with van der Waals surface area (Å²) in [5, 5.41) is 33.3. The molecule has 1 heterocycles. The molecule has 2 N–H and O–H groups in total. The zero-order chi connectivity index (χ0) is 26.5. The van der Waals surface area contributed by atoms with E-state index in [9.17, 15) is 20.2 Å². The summed E-state index contributed by atoms with van der Waals surface area (Å²) in [7, 11) is 0. The van der Waals surface area contributed by atoms with Crippen molar-refractivity contribution < 1.29 is 19.6 Å². The Bertz CT molecular complexity index is 1330. The van der Waals surface area contributed by atoms with Gasteiger partial charge in [-0.3, -0.25) is 15.0 Å². The molecule has 0 amide bonds. The number of hydrogen-bond donors (Lipinski definition) is 2. The Kier molecular flexibility index (Phi) is 7.70. The number of aryl methyl sites for hydroxylation is 2. The monoisotopic (exact) mass is 500 g/mol. The van der Waals surface area contributed by atoms with Crippen LogP contribution in [0.1, 0.15) is 45.5 Å². The highest BCUT2D eigenvalue weighted by atomic mass is 16.6. The predicted octanol–water partition coefficient (Wildman–Crippen LogP) is 5.65. The first-order valence-corrected chi connectivity index (χ1v) is 12.0. The number of nitrogens with zero attached hydrogens (tertiary/aromatic N) is 3. The molecule has 0 unspecified atom stereocenters. The van der Waals surface area contributed by atoms with Crippen LogP contribution in [0.15, 0.2) is 54.6 Å². The zero-order valence-corrected chi connectivity index (χ0v) is 20.7. The number of carboxylic acids is 1. The minimum absolute atomic E-state index is 0.0124. The van der Waals surface area contributed by atoms with Crippen LogP contribution in [-0.2, 0) is 6.54 Å². The molecule has 1 aliphatic rings. The van der Waals surface area contributed by atoms with Crippen LogP contribution in [0.25, 0.3) is 0 Å². The minimum Gasteiger partial charge on any atom is -0.478 e. The maximum Gasteiger partial charge on any atom is 0.335 e. The highest BCUT2D eigenvalue weighted by Gasteiger charge is 2.23. The summed E-state index contributed by atoms with van der Waals surface area (Å²) < 4.78 is 6.09. The van der Waals surface area contributed by atoms with Crippen LogP contribution < -0.4 is 10.1 Å². The van der Waals surface area contributed by atoms with E-state index in [0.717, 1.165) is 49.2 Å². The number of aromatic carboxylic acids is 1. The Hall–Kier alpha value is -4.42. The lowest BCUT2D eigenvalue weighted by atomic mass is 10.0. The Labute approximate surface area is 215 Å². The molecule has 0 spiro atoms. The molecule has 3 aromatic carbocycles. The van der Waals surface area contributed by atoms with Gasteiger partial charge in [0.2, 0.25) is 0 Å². The van der Waals surface area contributed by atoms with E-state index in [0.29, 0.717) is 22.7 Å². The summed E-state index contributed by atoms with van der Waals surface area (Å²) in [4.78, 5) is 24.6. The van der Waals surface area contributed by atoms with E-state index >= 15 is 0 Å². The van der Waals surface area contributed by atoms with Crippen molar-refractivity contribution in [1.29, 1.82) is 5.26 Å². The molecule has 0 atom stereocenters. The fourth-order valence-electron chi connectivity index (χ4n) is 4.61. The van der Waals surface area contributed by atoms with Crippen molar-refractivity contribution >= 4 is 17.3 Å². The highest BCUT2D eigenvalue weighted by Crippen LogP contribution is 2.35. The van der Waals surface area contributed by atoms with Crippen molar-refractivity contribution in [3.05, 3.63) is 92.5 Å². The van der Waals surface area contributed by atoms with Gasteiger partial charge in [0, 0.05) is 37.8 Å². The molecule has 9 nitrogen and oxygen atoms in total. The minimum atomic E-state index is -0.941. The molecule has 0 aromatic heterocycles. The molecule has 0 aliphatic carbocycles. The Morgan fingerprint density at radius 3 is 2.35 bits per heavy atom. The summed E-state index contributed by atoms with van der Waals surface area (Å²) in [6, 6.07) is 17.3. The van der Waals surface area contributed by atoms with Crippen molar-refractivity contribution in [2.24, 2.45) is 0 Å². The van der Waals surface area contributed by atoms with Crippen LogP contribution >= 0.6 is 0 Å². The molecule has 190 valence electrons. The average Bonchev–Trinajstić information content (AvgIpc) is 2.87. The number of nitro benzene ring substituents is 1. The molecule has 1 fully saturated rings. The Balaban J connectivity index is 1.42. The van der Waals surface area contributed by atoms with Gasteiger partial charge in [0.15, 0.2) is 0 Å². The predicted molar refractivity (Wildman–Crippen MR) is 139 cm³/mol. The van der Waals surface area contributed by atoms with Gasteiger partial charge in [-0.2, -0.15) is 5.26 Å². The fourth-order valence-corrected chi connectivity index (χ4v) is 4.61. The lowest BCUT2D eigenvalue weighted by Crippen LogP contribution is -2.38. The molecule has 0 radical (unpaired) electrons. The van der Waals surface area contributed by atoms with Crippen LogP contribution in [-0.4, -0.2) is 40.0 Å². The van der Waals surface area contributed by atoms with Gasteiger partial charge in [0.05, 0.1) is 22.1 Å². The fraction of sp³-hybridized carbons (Fsp3) is 0.286. The zero-order valence-electron chi connectivity index (χ0n) is 20.7. The molecule has 0 bridgehead atoms. The third-order valence-electron chi connectivity index (χ3n) is 6.53. The van der Waals surface area contributed by atoms with E-state index in [1.54, 1.807) is 36.4 Å². The van der Waals surface area contributed by atoms with Crippen molar-refractivity contribution in [2.75, 3.05) is 18.4 Å². The maximum atomic E-state index is 11.7. The van der Waals surface area contributed by atoms with Gasteiger partial charge in [-0.1, -0.05) is 12.1 Å². The normalized spacial score (nSPS) is 14.1. The number of anilines is 1. The van der Waals surface area contributed by atoms with Crippen LogP contribution in [0.3, 0.4) is 0 Å². The molecule has 0 saturated carbocycles. The second-order valence-corrected chi connectivity index (χ2v) is 9.29. The SMILES string of the molecule is Cc1cc(C#N)cc(C)c1Oc1ccc([N+](=O)[O-])c(NC2CCN(Cc3ccc(C(=O)O)cc3)CC2)c1. The van der Waals surface area contributed by atoms with Crippen LogP contribution in [0.2, 0.25) is 0 Å². The number of carbonyl (C=O) groups is 1. The smallest absolute Gasteiger partial charge is 0.335 e. The summed E-state index contributed by atoms with van der Waals surface area (Å²) >= 11 is 0. The van der Waals surface area contributed by atoms with Crippen molar-refractivity contribution in [3.8, 4) is 17.6 Å². The Morgan fingerprint density at radius 2 is 1.78 bits per heavy atom.